The number of aliphatic carboxylic acids is 1. The molecule has 0 aromatic heterocycles. The van der Waals surface area contributed by atoms with Crippen molar-refractivity contribution >= 4 is 11.7 Å². The van der Waals surface area contributed by atoms with Gasteiger partial charge in [0.25, 0.3) is 5.69 Å². The average Bonchev–Trinajstić information content (AvgIpc) is 2.81. The lowest BCUT2D eigenvalue weighted by Gasteiger charge is -2.24. The van der Waals surface area contributed by atoms with Gasteiger partial charge in [0.05, 0.1) is 10.8 Å². The van der Waals surface area contributed by atoms with Crippen molar-refractivity contribution in [2.24, 2.45) is 11.3 Å². The number of hydrogen-bond donors (Lipinski definition) is 1. The van der Waals surface area contributed by atoms with Gasteiger partial charge >= 0.3 is 5.97 Å². The quantitative estimate of drug-likeness (QED) is 0.680. The monoisotopic (exact) mass is 305 g/mol. The van der Waals surface area contributed by atoms with Gasteiger partial charge in [-0.2, -0.15) is 0 Å². The first-order valence-corrected chi connectivity index (χ1v) is 7.38. The zero-order chi connectivity index (χ0) is 17.2. The van der Waals surface area contributed by atoms with E-state index in [0.29, 0.717) is 11.1 Å². The van der Waals surface area contributed by atoms with Gasteiger partial charge in [-0.1, -0.05) is 20.8 Å². The summed E-state index contributed by atoms with van der Waals surface area (Å²) in [6.07, 6.45) is 0. The molecule has 0 heterocycles. The van der Waals surface area contributed by atoms with E-state index >= 15 is 0 Å². The number of nitrogens with zero attached hydrogens (tertiary/aromatic N) is 1. The summed E-state index contributed by atoms with van der Waals surface area (Å²) in [6, 6.07) is 0. The summed E-state index contributed by atoms with van der Waals surface area (Å²) in [5.41, 5.74) is 3.19. The third-order valence-electron chi connectivity index (χ3n) is 6.09. The summed E-state index contributed by atoms with van der Waals surface area (Å²) in [5.74, 6) is -1.28. The maximum atomic E-state index is 11.6. The Labute approximate surface area is 130 Å². The Morgan fingerprint density at radius 1 is 1.05 bits per heavy atom. The van der Waals surface area contributed by atoms with E-state index in [4.69, 9.17) is 0 Å². The highest BCUT2D eigenvalue weighted by atomic mass is 16.6. The van der Waals surface area contributed by atoms with Crippen molar-refractivity contribution in [2.45, 2.75) is 53.9 Å². The third kappa shape index (κ3) is 1.74. The van der Waals surface area contributed by atoms with Crippen molar-refractivity contribution < 1.29 is 14.8 Å². The second-order valence-corrected chi connectivity index (χ2v) is 7.18. The maximum Gasteiger partial charge on any atom is 0.307 e. The molecule has 1 aromatic rings. The summed E-state index contributed by atoms with van der Waals surface area (Å²) in [4.78, 5) is 22.6. The van der Waals surface area contributed by atoms with Crippen LogP contribution in [0.1, 0.15) is 48.6 Å². The molecule has 2 atom stereocenters. The predicted molar refractivity (Wildman–Crippen MR) is 84.3 cm³/mol. The molecule has 2 unspecified atom stereocenters. The molecule has 1 fully saturated rings. The lowest BCUT2D eigenvalue weighted by Crippen LogP contribution is -2.18. The molecule has 1 N–H and O–H groups in total. The normalized spacial score (nSPS) is 25.9. The van der Waals surface area contributed by atoms with Crippen LogP contribution in [0.4, 0.5) is 5.69 Å². The second-order valence-electron chi connectivity index (χ2n) is 7.18. The summed E-state index contributed by atoms with van der Waals surface area (Å²) in [6.45, 7) is 13.1. The molecule has 0 amide bonds. The van der Waals surface area contributed by atoms with E-state index < -0.39 is 17.3 Å². The maximum absolute atomic E-state index is 11.6. The Morgan fingerprint density at radius 3 is 1.73 bits per heavy atom. The molecule has 0 spiro atoms. The lowest BCUT2D eigenvalue weighted by atomic mass is 9.80. The zero-order valence-corrected chi connectivity index (χ0v) is 14.2. The molecule has 5 nitrogen and oxygen atoms in total. The van der Waals surface area contributed by atoms with Crippen molar-refractivity contribution in [1.29, 1.82) is 0 Å². The van der Waals surface area contributed by atoms with Crippen LogP contribution < -0.4 is 0 Å². The van der Waals surface area contributed by atoms with E-state index in [-0.39, 0.29) is 16.0 Å². The van der Waals surface area contributed by atoms with Crippen LogP contribution in [-0.4, -0.2) is 16.0 Å². The first-order valence-electron chi connectivity index (χ1n) is 7.38. The average molecular weight is 305 g/mol. The Kier molecular flexibility index (Phi) is 3.40. The number of nitro groups is 1. The topological polar surface area (TPSA) is 80.4 Å². The van der Waals surface area contributed by atoms with E-state index in [1.54, 1.807) is 13.8 Å². The van der Waals surface area contributed by atoms with Gasteiger partial charge in [0.2, 0.25) is 0 Å². The minimum absolute atomic E-state index is 0.146. The minimum Gasteiger partial charge on any atom is -0.481 e. The summed E-state index contributed by atoms with van der Waals surface area (Å²) >= 11 is 0. The molecule has 5 heteroatoms. The van der Waals surface area contributed by atoms with Gasteiger partial charge in [-0.25, -0.2) is 0 Å². The molecule has 0 saturated heterocycles. The van der Waals surface area contributed by atoms with Crippen molar-refractivity contribution in [2.75, 3.05) is 0 Å². The Hall–Kier alpha value is -1.91. The van der Waals surface area contributed by atoms with Crippen LogP contribution >= 0.6 is 0 Å². The van der Waals surface area contributed by atoms with Crippen LogP contribution in [0.3, 0.4) is 0 Å². The summed E-state index contributed by atoms with van der Waals surface area (Å²) < 4.78 is 0. The molecule has 1 aliphatic carbocycles. The Bertz CT molecular complexity index is 676. The van der Waals surface area contributed by atoms with Crippen LogP contribution in [0.5, 0.6) is 0 Å². The molecule has 1 aromatic carbocycles. The molecule has 0 bridgehead atoms. The zero-order valence-electron chi connectivity index (χ0n) is 14.2. The van der Waals surface area contributed by atoms with E-state index in [2.05, 4.69) is 0 Å². The predicted octanol–water partition coefficient (Wildman–Crippen LogP) is 3.83. The van der Waals surface area contributed by atoms with Crippen LogP contribution in [0.25, 0.3) is 0 Å². The van der Waals surface area contributed by atoms with E-state index in [1.807, 2.05) is 34.6 Å². The van der Waals surface area contributed by atoms with Gasteiger partial charge in [-0.05, 0) is 49.8 Å². The van der Waals surface area contributed by atoms with Crippen molar-refractivity contribution in [3.05, 3.63) is 37.9 Å². The summed E-state index contributed by atoms with van der Waals surface area (Å²) in [7, 11) is 0. The molecule has 22 heavy (non-hydrogen) atoms. The fourth-order valence-electron chi connectivity index (χ4n) is 4.35. The first kappa shape index (κ1) is 16.5. The highest BCUT2D eigenvalue weighted by molar-refractivity contribution is 5.81. The molecule has 120 valence electrons. The highest BCUT2D eigenvalue weighted by Gasteiger charge is 2.73. The molecule has 1 aliphatic rings. The number of benzene rings is 1. The van der Waals surface area contributed by atoms with E-state index in [0.717, 1.165) is 16.7 Å². The lowest BCUT2D eigenvalue weighted by molar-refractivity contribution is -0.386. The highest BCUT2D eigenvalue weighted by Crippen LogP contribution is 2.70. The van der Waals surface area contributed by atoms with E-state index in [1.165, 1.54) is 0 Å². The van der Waals surface area contributed by atoms with Gasteiger partial charge in [-0.3, -0.25) is 14.9 Å². The van der Waals surface area contributed by atoms with Gasteiger partial charge < -0.3 is 5.11 Å². The number of rotatable bonds is 3. The summed E-state index contributed by atoms with van der Waals surface area (Å²) in [5, 5.41) is 20.9. The number of carbonyl (C=O) groups is 1. The SMILES string of the molecule is Cc1c(C)c(C2(C)C(C(=O)O)C2(C)C)c(C)c(C)c1[N+](=O)[O-]. The molecule has 1 saturated carbocycles. The second kappa shape index (κ2) is 4.54. The number of hydrogen-bond acceptors (Lipinski definition) is 3. The largest absolute Gasteiger partial charge is 0.481 e. The van der Waals surface area contributed by atoms with Crippen LogP contribution in [0, 0.1) is 49.1 Å². The van der Waals surface area contributed by atoms with Crippen molar-refractivity contribution in [1.82, 2.24) is 0 Å². The first-order chi connectivity index (χ1) is 9.90. The fourth-order valence-corrected chi connectivity index (χ4v) is 4.35. The van der Waals surface area contributed by atoms with E-state index in [9.17, 15) is 20.0 Å². The molecule has 0 aliphatic heterocycles. The van der Waals surface area contributed by atoms with Crippen molar-refractivity contribution in [3.8, 4) is 0 Å². The van der Waals surface area contributed by atoms with Gasteiger partial charge in [0.1, 0.15) is 0 Å². The Morgan fingerprint density at radius 2 is 1.45 bits per heavy atom. The molecule has 0 radical (unpaired) electrons. The number of carboxylic acid groups (broad SMARTS) is 1. The van der Waals surface area contributed by atoms with Crippen LogP contribution in [-0.2, 0) is 10.2 Å². The van der Waals surface area contributed by atoms with Crippen LogP contribution in [0.15, 0.2) is 0 Å². The van der Waals surface area contributed by atoms with Gasteiger partial charge in [0, 0.05) is 16.5 Å². The third-order valence-corrected chi connectivity index (χ3v) is 6.09. The number of carboxylic acids is 1. The van der Waals surface area contributed by atoms with Gasteiger partial charge in [-0.15, -0.1) is 0 Å². The minimum atomic E-state index is -0.806. The fraction of sp³-hybridized carbons (Fsp3) is 0.588. The van der Waals surface area contributed by atoms with Crippen molar-refractivity contribution in [3.63, 3.8) is 0 Å². The van der Waals surface area contributed by atoms with Crippen LogP contribution in [0.2, 0.25) is 0 Å². The van der Waals surface area contributed by atoms with Gasteiger partial charge in [0.15, 0.2) is 0 Å². The Balaban J connectivity index is 2.80. The standard InChI is InChI=1S/C17H23NO4/c1-8-10(3)13(18(21)22)11(4)9(2)12(8)17(7)14(15(19)20)16(17,5)6/h14H,1-7H3,(H,19,20). The molecular formula is C17H23NO4. The molecular weight excluding hydrogens is 282 g/mol. The number of nitro benzene ring substituents is 1. The smallest absolute Gasteiger partial charge is 0.307 e. The molecule has 2 rings (SSSR count).